The highest BCUT2D eigenvalue weighted by molar-refractivity contribution is 8.76. The van der Waals surface area contributed by atoms with E-state index in [1.807, 2.05) is 58.3 Å². The maximum atomic E-state index is 14.2. The van der Waals surface area contributed by atoms with Crippen molar-refractivity contribution >= 4 is 33.4 Å². The molecule has 8 rings (SSSR count). The summed E-state index contributed by atoms with van der Waals surface area (Å²) in [7, 11) is 6.42. The van der Waals surface area contributed by atoms with Crippen LogP contribution >= 0.6 is 21.6 Å². The van der Waals surface area contributed by atoms with E-state index in [2.05, 4.69) is 21.5 Å². The summed E-state index contributed by atoms with van der Waals surface area (Å²) in [6.07, 6.45) is 18.2. The third-order valence-corrected chi connectivity index (χ3v) is 15.7. The number of para-hydroxylation sites is 2. The number of amides is 2. The average Bonchev–Trinajstić information content (AvgIpc) is 3.94. The smallest absolute Gasteiger partial charge is 0.241 e. The second-order valence-electron chi connectivity index (χ2n) is 17.1. The molecule has 2 aromatic carbocycles. The van der Waals surface area contributed by atoms with Crippen molar-refractivity contribution in [3.05, 3.63) is 72.6 Å². The lowest BCUT2D eigenvalue weighted by atomic mass is 9.84. The second-order valence-corrected chi connectivity index (χ2v) is 19.7. The van der Waals surface area contributed by atoms with E-state index in [4.69, 9.17) is 30.9 Å². The fraction of sp³-hybridized carbons (Fsp3) is 0.565. The first-order chi connectivity index (χ1) is 29.3. The number of hydrogen-bond donors (Lipinski definition) is 2. The maximum absolute atomic E-state index is 14.2. The second kappa shape index (κ2) is 19.8. The van der Waals surface area contributed by atoms with Gasteiger partial charge in [0, 0.05) is 61.2 Å². The van der Waals surface area contributed by atoms with Gasteiger partial charge in [0.1, 0.15) is 23.1 Å². The number of nitrogens with two attached hydrogens (primary N) is 2. The van der Waals surface area contributed by atoms with Crippen molar-refractivity contribution < 1.29 is 19.1 Å². The number of ether oxygens (including phenoxy) is 2. The quantitative estimate of drug-likeness (QED) is 0.0895. The minimum absolute atomic E-state index is 0.0424. The third-order valence-electron chi connectivity index (χ3n) is 13.2. The van der Waals surface area contributed by atoms with E-state index in [1.54, 1.807) is 14.2 Å². The van der Waals surface area contributed by atoms with Gasteiger partial charge in [0.05, 0.1) is 49.8 Å². The van der Waals surface area contributed by atoms with Crippen molar-refractivity contribution in [3.63, 3.8) is 0 Å². The summed E-state index contributed by atoms with van der Waals surface area (Å²) in [6.45, 7) is 2.51. The first-order valence-electron chi connectivity index (χ1n) is 22.1. The van der Waals surface area contributed by atoms with Crippen LogP contribution in [0, 0.1) is 11.8 Å². The number of fused-ring (bicyclic) bond motifs is 2. The molecule has 60 heavy (non-hydrogen) atoms. The highest BCUT2D eigenvalue weighted by atomic mass is 33.1. The number of imidazole rings is 2. The van der Waals surface area contributed by atoms with E-state index in [0.29, 0.717) is 49.5 Å². The van der Waals surface area contributed by atoms with Gasteiger partial charge in [-0.05, 0) is 48.9 Å². The zero-order valence-electron chi connectivity index (χ0n) is 35.3. The Bertz CT molecular complexity index is 1930. The van der Waals surface area contributed by atoms with Crippen LogP contribution in [-0.2, 0) is 22.7 Å². The molecule has 4 unspecified atom stereocenters. The van der Waals surface area contributed by atoms with Gasteiger partial charge in [-0.2, -0.15) is 0 Å². The molecule has 2 aliphatic carbocycles. The van der Waals surface area contributed by atoms with Gasteiger partial charge in [-0.1, -0.05) is 110 Å². The molecule has 2 saturated carbocycles. The number of methoxy groups -OCH3 is 2. The lowest BCUT2D eigenvalue weighted by Gasteiger charge is -2.39. The molecule has 0 radical (unpaired) electrons. The van der Waals surface area contributed by atoms with E-state index in [-0.39, 0.29) is 23.9 Å². The van der Waals surface area contributed by atoms with Crippen LogP contribution in [0.5, 0.6) is 11.5 Å². The summed E-state index contributed by atoms with van der Waals surface area (Å²) in [5.74, 6) is 5.29. The maximum Gasteiger partial charge on any atom is 0.241 e. The van der Waals surface area contributed by atoms with Crippen molar-refractivity contribution in [2.45, 2.75) is 114 Å². The Hall–Kier alpha value is -3.98. The molecule has 4 atom stereocenters. The molecule has 0 bridgehead atoms. The molecule has 12 nitrogen and oxygen atoms in total. The van der Waals surface area contributed by atoms with E-state index in [1.165, 1.54) is 85.8 Å². The van der Waals surface area contributed by atoms with E-state index < -0.39 is 12.1 Å². The highest BCUT2D eigenvalue weighted by Crippen LogP contribution is 2.41. The van der Waals surface area contributed by atoms with Gasteiger partial charge in [0.15, 0.2) is 0 Å². The number of rotatable bonds is 15. The Labute approximate surface area is 362 Å². The van der Waals surface area contributed by atoms with E-state index in [0.717, 1.165) is 58.5 Å². The highest BCUT2D eigenvalue weighted by Gasteiger charge is 2.39. The lowest BCUT2D eigenvalue weighted by molar-refractivity contribution is -0.137. The van der Waals surface area contributed by atoms with Gasteiger partial charge < -0.3 is 39.9 Å². The molecule has 4 aromatic rings. The van der Waals surface area contributed by atoms with Gasteiger partial charge in [0.2, 0.25) is 11.8 Å². The monoisotopic (exact) mass is 854 g/mol. The third kappa shape index (κ3) is 9.41. The van der Waals surface area contributed by atoms with Crippen LogP contribution in [0.2, 0.25) is 0 Å². The molecule has 4 N–H and O–H groups in total. The first kappa shape index (κ1) is 42.7. The number of benzene rings is 2. The normalized spacial score (nSPS) is 20.9. The number of nitrogens with zero attached hydrogens (tertiary/aromatic N) is 6. The molecule has 2 amide bonds. The Balaban J connectivity index is 0.908. The molecule has 2 aromatic heterocycles. The molecule has 2 fully saturated rings. The Kier molecular flexibility index (Phi) is 14.1. The van der Waals surface area contributed by atoms with Crippen molar-refractivity contribution in [2.75, 3.05) is 38.8 Å². The summed E-state index contributed by atoms with van der Waals surface area (Å²) in [5, 5.41) is 0. The first-order valence-corrected chi connectivity index (χ1v) is 24.6. The zero-order valence-corrected chi connectivity index (χ0v) is 36.9. The zero-order chi connectivity index (χ0) is 41.6. The predicted molar refractivity (Wildman–Crippen MR) is 241 cm³/mol. The molecular weight excluding hydrogens is 793 g/mol. The van der Waals surface area contributed by atoms with Crippen molar-refractivity contribution in [3.8, 4) is 34.0 Å². The van der Waals surface area contributed by atoms with Crippen molar-refractivity contribution in [1.82, 2.24) is 28.9 Å². The molecule has 4 heterocycles. The van der Waals surface area contributed by atoms with Gasteiger partial charge >= 0.3 is 0 Å². The number of carbonyl (C=O) groups is 2. The lowest BCUT2D eigenvalue weighted by Crippen LogP contribution is -2.51. The standard InChI is InChI=1S/C46H62N8O4S2/c1-57-41-19-11-9-17-33(41)37-27-51-21-23-53(39(43(51)49-37)25-31-13-5-3-6-14-31)45(55)35(47)29-59-60-30-36(48)46(56)54-24-22-52-28-38(34-18-10-12-20-42(34)58-2)50-44(52)40(54)26-32-15-7-4-8-16-32/h9-12,17-20,27-28,31-32,35-36,39-40H,3-8,13-16,21-26,29-30,47-48H2,1-2H3. The fourth-order valence-electron chi connectivity index (χ4n) is 10.0. The predicted octanol–water partition coefficient (Wildman–Crippen LogP) is 7.87. The summed E-state index contributed by atoms with van der Waals surface area (Å²) < 4.78 is 15.8. The fourth-order valence-corrected chi connectivity index (χ4v) is 12.3. The van der Waals surface area contributed by atoms with Crippen LogP contribution in [-0.4, -0.2) is 91.6 Å². The SMILES string of the molecule is COc1ccccc1-c1cn2c(n1)C(CC1CCCCC1)N(C(=O)C(N)CSSCC(N)C(=O)N1CCn3cc(-c4ccccc4OC)nc3C1CC1CCCCC1)CC2. The van der Waals surface area contributed by atoms with Crippen LogP contribution < -0.4 is 20.9 Å². The molecule has 0 saturated heterocycles. The van der Waals surface area contributed by atoms with E-state index >= 15 is 0 Å². The molecule has 0 spiro atoms. The number of aromatic nitrogens is 4. The van der Waals surface area contributed by atoms with Crippen molar-refractivity contribution in [2.24, 2.45) is 23.3 Å². The Morgan fingerprint density at radius 2 is 1.03 bits per heavy atom. The molecule has 322 valence electrons. The number of hydrogen-bond acceptors (Lipinski definition) is 10. The molecular formula is C46H62N8O4S2. The average molecular weight is 855 g/mol. The Morgan fingerprint density at radius 1 is 0.633 bits per heavy atom. The van der Waals surface area contributed by atoms with Gasteiger partial charge in [-0.3, -0.25) is 9.59 Å². The van der Waals surface area contributed by atoms with Crippen LogP contribution in [0.25, 0.3) is 22.5 Å². The topological polar surface area (TPSA) is 147 Å². The van der Waals surface area contributed by atoms with Gasteiger partial charge in [-0.15, -0.1) is 0 Å². The summed E-state index contributed by atoms with van der Waals surface area (Å²) in [5.41, 5.74) is 17.0. The van der Waals surface area contributed by atoms with Crippen LogP contribution in [0.1, 0.15) is 101 Å². The number of carbonyl (C=O) groups excluding carboxylic acids is 2. The van der Waals surface area contributed by atoms with E-state index in [9.17, 15) is 9.59 Å². The summed E-state index contributed by atoms with van der Waals surface area (Å²) in [4.78, 5) is 42.8. The van der Waals surface area contributed by atoms with Gasteiger partial charge in [0.25, 0.3) is 0 Å². The summed E-state index contributed by atoms with van der Waals surface area (Å²) in [6, 6.07) is 14.3. The summed E-state index contributed by atoms with van der Waals surface area (Å²) >= 11 is 0. The largest absolute Gasteiger partial charge is 0.496 e. The molecule has 2 aliphatic heterocycles. The minimum Gasteiger partial charge on any atom is -0.496 e. The Morgan fingerprint density at radius 3 is 1.43 bits per heavy atom. The molecule has 4 aliphatic rings. The van der Waals surface area contributed by atoms with Crippen LogP contribution in [0.3, 0.4) is 0 Å². The van der Waals surface area contributed by atoms with Crippen LogP contribution in [0.15, 0.2) is 60.9 Å². The van der Waals surface area contributed by atoms with Gasteiger partial charge in [-0.25, -0.2) is 9.97 Å². The van der Waals surface area contributed by atoms with Crippen LogP contribution in [0.4, 0.5) is 0 Å². The molecule has 14 heteroatoms. The minimum atomic E-state index is -0.684. The van der Waals surface area contributed by atoms with Crippen molar-refractivity contribution in [1.29, 1.82) is 0 Å².